The number of benzene rings is 4. The number of rotatable bonds is 7. The van der Waals surface area contributed by atoms with Crippen LogP contribution >= 0.6 is 0 Å². The Balaban J connectivity index is 1.42. The van der Waals surface area contributed by atoms with Gasteiger partial charge in [-0.2, -0.15) is 0 Å². The standard InChI is InChI=1S/C35H26F2N2O3/c1-21(23-10-12-24(13-11-23)35(41)42)38-34(40)33-20-26(30-8-4-5-9-31(30)36)19-28-15-14-27(39(28)33)17-22-16-25-6-2-3-7-29(25)32(37)18-22/h2-16,18-21H,17H2,1H3,(H,38,40)(H,41,42)/t21-/m0/s1. The van der Waals surface area contributed by atoms with Crippen LogP contribution in [0.2, 0.25) is 0 Å². The molecule has 0 aliphatic carbocycles. The summed E-state index contributed by atoms with van der Waals surface area (Å²) >= 11 is 0. The molecule has 0 radical (unpaired) electrons. The van der Waals surface area contributed by atoms with Gasteiger partial charge in [-0.3, -0.25) is 4.79 Å². The van der Waals surface area contributed by atoms with E-state index in [4.69, 9.17) is 0 Å². The molecule has 2 N–H and O–H groups in total. The molecule has 2 aromatic heterocycles. The van der Waals surface area contributed by atoms with Crippen molar-refractivity contribution in [2.24, 2.45) is 0 Å². The third-order valence-electron chi connectivity index (χ3n) is 7.51. The van der Waals surface area contributed by atoms with Gasteiger partial charge < -0.3 is 14.8 Å². The van der Waals surface area contributed by atoms with E-state index < -0.39 is 23.7 Å². The molecular weight excluding hydrogens is 534 g/mol. The summed E-state index contributed by atoms with van der Waals surface area (Å²) in [5, 5.41) is 13.5. The quantitative estimate of drug-likeness (QED) is 0.209. The Morgan fingerprint density at radius 2 is 1.57 bits per heavy atom. The first-order valence-corrected chi connectivity index (χ1v) is 13.5. The molecule has 0 aliphatic heterocycles. The number of carbonyl (C=O) groups is 2. The minimum atomic E-state index is -1.03. The highest BCUT2D eigenvalue weighted by Crippen LogP contribution is 2.29. The van der Waals surface area contributed by atoms with E-state index in [2.05, 4.69) is 5.32 Å². The van der Waals surface area contributed by atoms with E-state index in [1.807, 2.05) is 40.8 Å². The van der Waals surface area contributed by atoms with Crippen LogP contribution in [0.3, 0.4) is 0 Å². The van der Waals surface area contributed by atoms with Crippen LogP contribution in [-0.2, 0) is 6.42 Å². The average molecular weight is 561 g/mol. The van der Waals surface area contributed by atoms with Crippen molar-refractivity contribution in [3.63, 3.8) is 0 Å². The molecule has 0 saturated heterocycles. The molecule has 42 heavy (non-hydrogen) atoms. The maximum atomic E-state index is 14.9. The van der Waals surface area contributed by atoms with Crippen molar-refractivity contribution < 1.29 is 23.5 Å². The molecule has 208 valence electrons. The number of carboxylic acids is 1. The number of amides is 1. The molecule has 5 nitrogen and oxygen atoms in total. The second kappa shape index (κ2) is 10.9. The molecule has 0 spiro atoms. The summed E-state index contributed by atoms with van der Waals surface area (Å²) in [4.78, 5) is 25.1. The van der Waals surface area contributed by atoms with Crippen LogP contribution in [0.1, 0.15) is 50.6 Å². The fraction of sp³-hybridized carbons (Fsp3) is 0.0857. The maximum Gasteiger partial charge on any atom is 0.335 e. The molecule has 7 heteroatoms. The summed E-state index contributed by atoms with van der Waals surface area (Å²) in [6, 6.07) is 30.2. The van der Waals surface area contributed by atoms with Crippen LogP contribution in [0.4, 0.5) is 8.78 Å². The Morgan fingerprint density at radius 1 is 0.833 bits per heavy atom. The number of nitrogens with zero attached hydrogens (tertiary/aromatic N) is 1. The van der Waals surface area contributed by atoms with E-state index in [-0.39, 0.29) is 11.4 Å². The van der Waals surface area contributed by atoms with Gasteiger partial charge in [0.05, 0.1) is 11.6 Å². The van der Waals surface area contributed by atoms with Gasteiger partial charge in [-0.1, -0.05) is 60.7 Å². The largest absolute Gasteiger partial charge is 0.478 e. The van der Waals surface area contributed by atoms with E-state index >= 15 is 0 Å². The Bertz CT molecular complexity index is 1980. The summed E-state index contributed by atoms with van der Waals surface area (Å²) in [6.07, 6.45) is 0.363. The highest BCUT2D eigenvalue weighted by atomic mass is 19.1. The normalized spacial score (nSPS) is 12.0. The number of hydrogen-bond acceptors (Lipinski definition) is 2. The number of pyridine rings is 1. The number of nitrogens with one attached hydrogen (secondary N) is 1. The van der Waals surface area contributed by atoms with Gasteiger partial charge in [0.15, 0.2) is 0 Å². The van der Waals surface area contributed by atoms with Gasteiger partial charge >= 0.3 is 5.97 Å². The average Bonchev–Trinajstić information content (AvgIpc) is 3.39. The van der Waals surface area contributed by atoms with Crippen LogP contribution in [0.5, 0.6) is 0 Å². The van der Waals surface area contributed by atoms with E-state index in [9.17, 15) is 23.5 Å². The predicted molar refractivity (Wildman–Crippen MR) is 159 cm³/mol. The van der Waals surface area contributed by atoms with E-state index in [1.165, 1.54) is 24.3 Å². The molecule has 2 heterocycles. The molecule has 6 rings (SSSR count). The molecule has 0 saturated carbocycles. The van der Waals surface area contributed by atoms with Gasteiger partial charge in [0.1, 0.15) is 17.3 Å². The third kappa shape index (κ3) is 5.12. The number of carbonyl (C=O) groups excluding carboxylic acids is 1. The van der Waals surface area contributed by atoms with Crippen molar-refractivity contribution in [2.75, 3.05) is 0 Å². The second-order valence-corrected chi connectivity index (χ2v) is 10.3. The molecule has 1 amide bonds. The minimum Gasteiger partial charge on any atom is -0.478 e. The Labute approximate surface area is 240 Å². The van der Waals surface area contributed by atoms with Gasteiger partial charge in [0, 0.05) is 28.6 Å². The third-order valence-corrected chi connectivity index (χ3v) is 7.51. The highest BCUT2D eigenvalue weighted by Gasteiger charge is 2.20. The van der Waals surface area contributed by atoms with Gasteiger partial charge in [0.2, 0.25) is 0 Å². The highest BCUT2D eigenvalue weighted by molar-refractivity contribution is 5.96. The van der Waals surface area contributed by atoms with Crippen molar-refractivity contribution >= 4 is 28.2 Å². The van der Waals surface area contributed by atoms with Crippen LogP contribution in [0.15, 0.2) is 109 Å². The number of hydrogen-bond donors (Lipinski definition) is 2. The van der Waals surface area contributed by atoms with Crippen molar-refractivity contribution in [1.29, 1.82) is 0 Å². The monoisotopic (exact) mass is 560 g/mol. The smallest absolute Gasteiger partial charge is 0.335 e. The lowest BCUT2D eigenvalue weighted by Gasteiger charge is -2.18. The first-order chi connectivity index (χ1) is 20.3. The Hall–Kier alpha value is -5.30. The molecule has 0 bridgehead atoms. The summed E-state index contributed by atoms with van der Waals surface area (Å²) in [5.41, 5.74) is 4.30. The van der Waals surface area contributed by atoms with E-state index in [0.29, 0.717) is 34.1 Å². The molecule has 0 unspecified atom stereocenters. The summed E-state index contributed by atoms with van der Waals surface area (Å²) < 4.78 is 31.5. The van der Waals surface area contributed by atoms with Crippen LogP contribution < -0.4 is 5.32 Å². The first kappa shape index (κ1) is 26.9. The molecule has 4 aromatic carbocycles. The number of fused-ring (bicyclic) bond motifs is 2. The van der Waals surface area contributed by atoms with Crippen molar-refractivity contribution in [3.8, 4) is 11.1 Å². The number of carboxylic acid groups (broad SMARTS) is 1. The lowest BCUT2D eigenvalue weighted by molar-refractivity contribution is 0.0696. The molecular formula is C35H26F2N2O3. The SMILES string of the molecule is C[C@H](NC(=O)c1cc(-c2ccccc2F)cc2ccc(Cc3cc(F)c4ccccc4c3)n12)c1ccc(C(=O)O)cc1. The van der Waals surface area contributed by atoms with Gasteiger partial charge in [-0.05, 0) is 77.5 Å². The molecule has 0 aliphatic rings. The lowest BCUT2D eigenvalue weighted by atomic mass is 10.0. The van der Waals surface area contributed by atoms with Crippen molar-refractivity contribution in [1.82, 2.24) is 9.72 Å². The zero-order valence-corrected chi connectivity index (χ0v) is 22.6. The van der Waals surface area contributed by atoms with E-state index in [1.54, 1.807) is 55.5 Å². The molecule has 6 aromatic rings. The van der Waals surface area contributed by atoms with Crippen LogP contribution in [0.25, 0.3) is 27.4 Å². The first-order valence-electron chi connectivity index (χ1n) is 13.5. The molecule has 1 atom stereocenters. The van der Waals surface area contributed by atoms with Crippen LogP contribution in [-0.4, -0.2) is 21.4 Å². The number of aromatic nitrogens is 1. The Kier molecular flexibility index (Phi) is 7.00. The van der Waals surface area contributed by atoms with Gasteiger partial charge in [-0.25, -0.2) is 13.6 Å². The topological polar surface area (TPSA) is 70.8 Å². The van der Waals surface area contributed by atoms with Gasteiger partial charge in [-0.15, -0.1) is 0 Å². The Morgan fingerprint density at radius 3 is 2.33 bits per heavy atom. The predicted octanol–water partition coefficient (Wildman–Crippen LogP) is 7.82. The fourth-order valence-electron chi connectivity index (χ4n) is 5.37. The fourth-order valence-corrected chi connectivity index (χ4v) is 5.37. The summed E-state index contributed by atoms with van der Waals surface area (Å²) in [6.45, 7) is 1.81. The van der Waals surface area contributed by atoms with Crippen molar-refractivity contribution in [2.45, 2.75) is 19.4 Å². The minimum absolute atomic E-state index is 0.152. The second-order valence-electron chi connectivity index (χ2n) is 10.3. The summed E-state index contributed by atoms with van der Waals surface area (Å²) in [5.74, 6) is -2.14. The molecule has 0 fully saturated rings. The van der Waals surface area contributed by atoms with Crippen molar-refractivity contribution in [3.05, 3.63) is 149 Å². The maximum absolute atomic E-state index is 14.9. The zero-order chi connectivity index (χ0) is 29.4. The number of halogens is 2. The van der Waals surface area contributed by atoms with Gasteiger partial charge in [0.25, 0.3) is 5.91 Å². The summed E-state index contributed by atoms with van der Waals surface area (Å²) in [7, 11) is 0. The van der Waals surface area contributed by atoms with E-state index in [0.717, 1.165) is 22.2 Å². The lowest BCUT2D eigenvalue weighted by Crippen LogP contribution is -2.28. The van der Waals surface area contributed by atoms with Crippen LogP contribution in [0, 0.1) is 11.6 Å². The number of aromatic carboxylic acids is 1. The zero-order valence-electron chi connectivity index (χ0n) is 22.6.